The molecule has 0 aliphatic carbocycles. The van der Waals surface area contributed by atoms with Crippen molar-refractivity contribution in [2.75, 3.05) is 4.90 Å². The predicted octanol–water partition coefficient (Wildman–Crippen LogP) is 2.49. The van der Waals surface area contributed by atoms with Gasteiger partial charge in [-0.25, -0.2) is 4.90 Å². The van der Waals surface area contributed by atoms with Gasteiger partial charge in [0.15, 0.2) is 12.1 Å². The molecule has 2 aliphatic rings. The molecular weight excluding hydrogens is 304 g/mol. The van der Waals surface area contributed by atoms with Crippen LogP contribution in [0.4, 0.5) is 5.69 Å². The maximum Gasteiger partial charge on any atom is 0.263 e. The van der Waals surface area contributed by atoms with Crippen LogP contribution in [0, 0.1) is 6.92 Å². The lowest BCUT2D eigenvalue weighted by atomic mass is 10.1. The van der Waals surface area contributed by atoms with E-state index in [9.17, 15) is 9.59 Å². The molecule has 2 aromatic carbocycles. The minimum atomic E-state index is -0.748. The van der Waals surface area contributed by atoms with Gasteiger partial charge in [0.1, 0.15) is 0 Å². The van der Waals surface area contributed by atoms with E-state index in [1.807, 2.05) is 49.4 Å². The Balaban J connectivity index is 1.61. The molecule has 4 rings (SSSR count). The van der Waals surface area contributed by atoms with Gasteiger partial charge in [-0.1, -0.05) is 53.3 Å². The predicted molar refractivity (Wildman–Crippen MR) is 88.1 cm³/mol. The minimum Gasteiger partial charge on any atom is -0.271 e. The lowest BCUT2D eigenvalue weighted by Gasteiger charge is -2.20. The van der Waals surface area contributed by atoms with Crippen molar-refractivity contribution in [1.82, 2.24) is 5.01 Å². The fraction of sp³-hybridized carbons (Fsp3) is 0.222. The molecule has 2 heterocycles. The highest BCUT2D eigenvalue weighted by molar-refractivity contribution is 6.25. The van der Waals surface area contributed by atoms with Crippen LogP contribution in [0.2, 0.25) is 0 Å². The van der Waals surface area contributed by atoms with E-state index in [2.05, 4.69) is 10.3 Å². The van der Waals surface area contributed by atoms with Gasteiger partial charge in [-0.2, -0.15) is 5.11 Å². The quantitative estimate of drug-likeness (QED) is 0.816. The van der Waals surface area contributed by atoms with E-state index >= 15 is 0 Å². The SMILES string of the molecule is Cc1ccc(N2C(=O)[C@@H]3[C@@H](N=NN3Cc3ccccc3)C2=O)cc1. The van der Waals surface area contributed by atoms with Gasteiger partial charge >= 0.3 is 0 Å². The highest BCUT2D eigenvalue weighted by Gasteiger charge is 2.54. The van der Waals surface area contributed by atoms with Crippen molar-refractivity contribution in [3.8, 4) is 0 Å². The van der Waals surface area contributed by atoms with Crippen LogP contribution in [0.25, 0.3) is 0 Å². The Morgan fingerprint density at radius 1 is 0.958 bits per heavy atom. The summed E-state index contributed by atoms with van der Waals surface area (Å²) in [4.78, 5) is 26.7. The van der Waals surface area contributed by atoms with Gasteiger partial charge in [-0.3, -0.25) is 14.6 Å². The lowest BCUT2D eigenvalue weighted by molar-refractivity contribution is -0.123. The number of anilines is 1. The molecule has 2 amide bonds. The van der Waals surface area contributed by atoms with Crippen molar-refractivity contribution in [3.63, 3.8) is 0 Å². The van der Waals surface area contributed by atoms with Crippen molar-refractivity contribution < 1.29 is 9.59 Å². The fourth-order valence-corrected chi connectivity index (χ4v) is 3.07. The number of hydrogen-bond acceptors (Lipinski definition) is 5. The molecule has 0 unspecified atom stereocenters. The van der Waals surface area contributed by atoms with Crippen LogP contribution in [0.1, 0.15) is 11.1 Å². The van der Waals surface area contributed by atoms with Gasteiger partial charge in [-0.05, 0) is 24.6 Å². The van der Waals surface area contributed by atoms with Gasteiger partial charge in [-0.15, -0.1) is 0 Å². The van der Waals surface area contributed by atoms with E-state index < -0.39 is 12.1 Å². The molecule has 0 N–H and O–H groups in total. The monoisotopic (exact) mass is 320 g/mol. The Labute approximate surface area is 139 Å². The molecule has 0 spiro atoms. The number of fused-ring (bicyclic) bond motifs is 1. The number of nitrogens with zero attached hydrogens (tertiary/aromatic N) is 4. The summed E-state index contributed by atoms with van der Waals surface area (Å²) >= 11 is 0. The fourth-order valence-electron chi connectivity index (χ4n) is 3.07. The average molecular weight is 320 g/mol. The molecule has 0 aromatic heterocycles. The normalized spacial score (nSPS) is 22.4. The Hall–Kier alpha value is -3.02. The first-order chi connectivity index (χ1) is 11.6. The van der Waals surface area contributed by atoms with E-state index in [1.54, 1.807) is 17.1 Å². The minimum absolute atomic E-state index is 0.269. The first-order valence-electron chi connectivity index (χ1n) is 7.81. The Morgan fingerprint density at radius 3 is 2.38 bits per heavy atom. The highest BCUT2D eigenvalue weighted by Crippen LogP contribution is 2.32. The number of carbonyl (C=O) groups is 2. The van der Waals surface area contributed by atoms with Crippen LogP contribution in [0.3, 0.4) is 0 Å². The molecule has 1 fully saturated rings. The molecule has 6 heteroatoms. The summed E-state index contributed by atoms with van der Waals surface area (Å²) in [5.74, 6) is -0.581. The Bertz CT molecular complexity index is 817. The molecule has 2 aliphatic heterocycles. The van der Waals surface area contributed by atoms with Crippen LogP contribution >= 0.6 is 0 Å². The van der Waals surface area contributed by atoms with Gasteiger partial charge in [0, 0.05) is 0 Å². The number of amides is 2. The first kappa shape index (κ1) is 14.6. The van der Waals surface area contributed by atoms with E-state index in [4.69, 9.17) is 0 Å². The number of rotatable bonds is 3. The second-order valence-corrected chi connectivity index (χ2v) is 6.03. The molecule has 0 bridgehead atoms. The van der Waals surface area contributed by atoms with Crippen LogP contribution in [0.15, 0.2) is 64.9 Å². The van der Waals surface area contributed by atoms with E-state index in [0.29, 0.717) is 12.2 Å². The molecular formula is C18H16N4O2. The van der Waals surface area contributed by atoms with Crippen molar-refractivity contribution in [2.24, 2.45) is 10.3 Å². The average Bonchev–Trinajstić information content (AvgIpc) is 3.11. The molecule has 2 aromatic rings. The third-order valence-electron chi connectivity index (χ3n) is 4.34. The summed E-state index contributed by atoms with van der Waals surface area (Å²) in [6.07, 6.45) is 0. The number of benzene rings is 2. The zero-order valence-electron chi connectivity index (χ0n) is 13.2. The summed E-state index contributed by atoms with van der Waals surface area (Å²) in [6.45, 7) is 2.41. The van der Waals surface area contributed by atoms with Gasteiger partial charge < -0.3 is 0 Å². The highest BCUT2D eigenvalue weighted by atomic mass is 16.2. The summed E-state index contributed by atoms with van der Waals surface area (Å²) in [7, 11) is 0. The number of imide groups is 1. The number of aryl methyl sites for hydroxylation is 1. The van der Waals surface area contributed by atoms with E-state index in [1.165, 1.54) is 4.90 Å². The number of carbonyl (C=O) groups excluding carboxylic acids is 2. The molecule has 0 saturated carbocycles. The zero-order valence-corrected chi connectivity index (χ0v) is 13.2. The van der Waals surface area contributed by atoms with Gasteiger partial charge in [0.05, 0.1) is 12.2 Å². The van der Waals surface area contributed by atoms with Gasteiger partial charge in [0.2, 0.25) is 0 Å². The molecule has 0 radical (unpaired) electrons. The van der Waals surface area contributed by atoms with Crippen LogP contribution in [-0.4, -0.2) is 28.9 Å². The summed E-state index contributed by atoms with van der Waals surface area (Å²) < 4.78 is 0. The lowest BCUT2D eigenvalue weighted by Crippen LogP contribution is -2.39. The van der Waals surface area contributed by atoms with Crippen molar-refractivity contribution in [1.29, 1.82) is 0 Å². The maximum atomic E-state index is 12.8. The van der Waals surface area contributed by atoms with E-state index in [0.717, 1.165) is 11.1 Å². The van der Waals surface area contributed by atoms with Crippen molar-refractivity contribution >= 4 is 17.5 Å². The summed E-state index contributed by atoms with van der Waals surface area (Å²) in [5, 5.41) is 9.69. The van der Waals surface area contributed by atoms with Crippen molar-refractivity contribution in [2.45, 2.75) is 25.6 Å². The van der Waals surface area contributed by atoms with Crippen molar-refractivity contribution in [3.05, 3.63) is 65.7 Å². The van der Waals surface area contributed by atoms with E-state index in [-0.39, 0.29) is 11.8 Å². The summed E-state index contributed by atoms with van der Waals surface area (Å²) in [5.41, 5.74) is 2.68. The maximum absolute atomic E-state index is 12.8. The Kier molecular flexibility index (Phi) is 3.37. The third-order valence-corrected chi connectivity index (χ3v) is 4.34. The van der Waals surface area contributed by atoms with Crippen LogP contribution in [-0.2, 0) is 16.1 Å². The topological polar surface area (TPSA) is 65.3 Å². The standard InChI is InChI=1S/C18H16N4O2/c1-12-7-9-14(10-8-12)22-17(23)15-16(18(22)24)21(20-19-15)11-13-5-3-2-4-6-13/h2-10,15-16H,11H2,1H3/t15-,16+/m1/s1. The molecule has 24 heavy (non-hydrogen) atoms. The largest absolute Gasteiger partial charge is 0.271 e. The second-order valence-electron chi connectivity index (χ2n) is 6.03. The molecule has 1 saturated heterocycles. The third kappa shape index (κ3) is 2.27. The van der Waals surface area contributed by atoms with Crippen LogP contribution < -0.4 is 4.90 Å². The van der Waals surface area contributed by atoms with Gasteiger partial charge in [0.25, 0.3) is 11.8 Å². The Morgan fingerprint density at radius 2 is 1.67 bits per heavy atom. The first-order valence-corrected chi connectivity index (χ1v) is 7.81. The molecule has 6 nitrogen and oxygen atoms in total. The smallest absolute Gasteiger partial charge is 0.263 e. The number of hydrogen-bond donors (Lipinski definition) is 0. The molecule has 2 atom stereocenters. The van der Waals surface area contributed by atoms with Crippen LogP contribution in [0.5, 0.6) is 0 Å². The second kappa shape index (κ2) is 5.56. The zero-order chi connectivity index (χ0) is 16.7. The summed E-state index contributed by atoms with van der Waals surface area (Å²) in [6, 6.07) is 15.6. The molecule has 120 valence electrons.